The molecular formula is C12H18N4O. The second-order valence-corrected chi connectivity index (χ2v) is 4.73. The molecule has 1 unspecified atom stereocenters. The zero-order chi connectivity index (χ0) is 12.3. The minimum Gasteiger partial charge on any atom is -0.344 e. The minimum atomic E-state index is 0.516. The number of rotatable bonds is 4. The summed E-state index contributed by atoms with van der Waals surface area (Å²) in [6, 6.07) is 0. The van der Waals surface area contributed by atoms with Crippen LogP contribution >= 0.6 is 0 Å². The van der Waals surface area contributed by atoms with Crippen LogP contribution in [-0.4, -0.2) is 54.9 Å². The molecule has 0 amide bonds. The second-order valence-electron chi connectivity index (χ2n) is 4.73. The van der Waals surface area contributed by atoms with Gasteiger partial charge in [0.25, 0.3) is 0 Å². The molecule has 17 heavy (non-hydrogen) atoms. The largest absolute Gasteiger partial charge is 0.344 e. The fraction of sp³-hybridized carbons (Fsp3) is 0.583. The van der Waals surface area contributed by atoms with Crippen LogP contribution in [0, 0.1) is 5.92 Å². The van der Waals surface area contributed by atoms with Crippen LogP contribution in [0.5, 0.6) is 0 Å². The van der Waals surface area contributed by atoms with Crippen molar-refractivity contribution >= 4 is 12.2 Å². The van der Waals surface area contributed by atoms with Gasteiger partial charge in [-0.1, -0.05) is 0 Å². The minimum absolute atomic E-state index is 0.516. The SMILES string of the molecule is CN1CCC(CN(C)c2ncc(C=O)cn2)C1. The fourth-order valence-electron chi connectivity index (χ4n) is 2.23. The number of likely N-dealkylation sites (tertiary alicyclic amines) is 1. The van der Waals surface area contributed by atoms with Crippen LogP contribution in [0.25, 0.3) is 0 Å². The molecule has 0 N–H and O–H groups in total. The van der Waals surface area contributed by atoms with Crippen molar-refractivity contribution in [3.8, 4) is 0 Å². The molecule has 5 nitrogen and oxygen atoms in total. The van der Waals surface area contributed by atoms with Gasteiger partial charge in [0, 0.05) is 32.5 Å². The maximum absolute atomic E-state index is 10.5. The predicted octanol–water partition coefficient (Wildman–Crippen LogP) is 0.677. The van der Waals surface area contributed by atoms with Crippen molar-refractivity contribution in [3.05, 3.63) is 18.0 Å². The van der Waals surface area contributed by atoms with Crippen LogP contribution in [0.15, 0.2) is 12.4 Å². The average Bonchev–Trinajstić information content (AvgIpc) is 2.75. The van der Waals surface area contributed by atoms with E-state index in [0.717, 1.165) is 19.4 Å². The molecule has 0 bridgehead atoms. The molecule has 2 rings (SSSR count). The summed E-state index contributed by atoms with van der Waals surface area (Å²) in [4.78, 5) is 23.3. The number of hydrogen-bond donors (Lipinski definition) is 0. The van der Waals surface area contributed by atoms with Crippen molar-refractivity contribution in [2.75, 3.05) is 38.6 Å². The summed E-state index contributed by atoms with van der Waals surface area (Å²) in [7, 11) is 4.14. The van der Waals surface area contributed by atoms with Crippen molar-refractivity contribution in [1.29, 1.82) is 0 Å². The van der Waals surface area contributed by atoms with Crippen molar-refractivity contribution in [2.45, 2.75) is 6.42 Å². The zero-order valence-corrected chi connectivity index (χ0v) is 10.3. The van der Waals surface area contributed by atoms with Gasteiger partial charge in [-0.2, -0.15) is 0 Å². The first kappa shape index (κ1) is 12.0. The molecule has 0 saturated carbocycles. The maximum Gasteiger partial charge on any atom is 0.225 e. The van der Waals surface area contributed by atoms with E-state index in [1.54, 1.807) is 12.4 Å². The molecule has 1 aromatic heterocycles. The van der Waals surface area contributed by atoms with E-state index in [1.165, 1.54) is 13.0 Å². The Hall–Kier alpha value is -1.49. The van der Waals surface area contributed by atoms with Crippen LogP contribution in [0.4, 0.5) is 5.95 Å². The number of nitrogens with zero attached hydrogens (tertiary/aromatic N) is 4. The topological polar surface area (TPSA) is 49.3 Å². The Morgan fingerprint density at radius 1 is 1.53 bits per heavy atom. The summed E-state index contributed by atoms with van der Waals surface area (Å²) in [5.74, 6) is 1.37. The number of aldehydes is 1. The summed E-state index contributed by atoms with van der Waals surface area (Å²) in [6.45, 7) is 3.27. The van der Waals surface area contributed by atoms with Gasteiger partial charge in [-0.3, -0.25) is 4.79 Å². The van der Waals surface area contributed by atoms with E-state index in [9.17, 15) is 4.79 Å². The summed E-state index contributed by atoms with van der Waals surface area (Å²) in [5.41, 5.74) is 0.516. The molecule has 1 aromatic rings. The second kappa shape index (κ2) is 5.23. The van der Waals surface area contributed by atoms with Crippen LogP contribution in [0.3, 0.4) is 0 Å². The summed E-state index contributed by atoms with van der Waals surface area (Å²) < 4.78 is 0. The number of hydrogen-bond acceptors (Lipinski definition) is 5. The first-order valence-corrected chi connectivity index (χ1v) is 5.86. The quantitative estimate of drug-likeness (QED) is 0.717. The lowest BCUT2D eigenvalue weighted by Crippen LogP contribution is -2.28. The highest BCUT2D eigenvalue weighted by Gasteiger charge is 2.21. The molecule has 1 aliphatic heterocycles. The third-order valence-electron chi connectivity index (χ3n) is 3.16. The Morgan fingerprint density at radius 3 is 2.76 bits per heavy atom. The fourth-order valence-corrected chi connectivity index (χ4v) is 2.23. The molecule has 0 radical (unpaired) electrons. The molecule has 5 heteroatoms. The average molecular weight is 234 g/mol. The summed E-state index contributed by atoms with van der Waals surface area (Å²) in [6.07, 6.45) is 5.11. The predicted molar refractivity (Wildman–Crippen MR) is 66.3 cm³/mol. The normalized spacial score (nSPS) is 20.5. The molecule has 2 heterocycles. The van der Waals surface area contributed by atoms with Crippen molar-refractivity contribution in [3.63, 3.8) is 0 Å². The maximum atomic E-state index is 10.5. The van der Waals surface area contributed by atoms with Gasteiger partial charge in [-0.25, -0.2) is 9.97 Å². The number of carbonyl (C=O) groups is 1. The molecule has 1 fully saturated rings. The molecule has 0 aromatic carbocycles. The first-order valence-electron chi connectivity index (χ1n) is 5.86. The lowest BCUT2D eigenvalue weighted by Gasteiger charge is -2.20. The van der Waals surface area contributed by atoms with Crippen LogP contribution in [0.2, 0.25) is 0 Å². The smallest absolute Gasteiger partial charge is 0.225 e. The van der Waals surface area contributed by atoms with Crippen LogP contribution in [0.1, 0.15) is 16.8 Å². The van der Waals surface area contributed by atoms with Gasteiger partial charge < -0.3 is 9.80 Å². The highest BCUT2D eigenvalue weighted by atomic mass is 16.1. The van der Waals surface area contributed by atoms with Gasteiger partial charge in [0.15, 0.2) is 6.29 Å². The highest BCUT2D eigenvalue weighted by molar-refractivity contribution is 5.73. The Kier molecular flexibility index (Phi) is 3.68. The lowest BCUT2D eigenvalue weighted by atomic mass is 10.1. The molecule has 0 aliphatic carbocycles. The molecule has 0 spiro atoms. The van der Waals surface area contributed by atoms with E-state index in [-0.39, 0.29) is 0 Å². The van der Waals surface area contributed by atoms with E-state index in [1.807, 2.05) is 7.05 Å². The Labute approximate surface area is 101 Å². The van der Waals surface area contributed by atoms with E-state index in [4.69, 9.17) is 0 Å². The van der Waals surface area contributed by atoms with Crippen LogP contribution < -0.4 is 4.90 Å². The van der Waals surface area contributed by atoms with E-state index < -0.39 is 0 Å². The Balaban J connectivity index is 1.94. The standard InChI is InChI=1S/C12H18N4O/c1-15-4-3-10(7-15)8-16(2)12-13-5-11(9-17)6-14-12/h5-6,9-10H,3-4,7-8H2,1-2H3. The zero-order valence-electron chi connectivity index (χ0n) is 10.3. The first-order chi connectivity index (χ1) is 8.19. The molecule has 92 valence electrons. The molecule has 1 atom stereocenters. The van der Waals surface area contributed by atoms with Gasteiger partial charge in [0.05, 0.1) is 5.56 Å². The Bertz CT molecular complexity index is 379. The van der Waals surface area contributed by atoms with Crippen molar-refractivity contribution < 1.29 is 4.79 Å². The van der Waals surface area contributed by atoms with Crippen molar-refractivity contribution in [1.82, 2.24) is 14.9 Å². The van der Waals surface area contributed by atoms with Crippen molar-refractivity contribution in [2.24, 2.45) is 5.92 Å². The number of aromatic nitrogens is 2. The lowest BCUT2D eigenvalue weighted by molar-refractivity contribution is 0.112. The Morgan fingerprint density at radius 2 is 2.24 bits per heavy atom. The molecule has 1 aliphatic rings. The van der Waals surface area contributed by atoms with E-state index in [2.05, 4.69) is 26.8 Å². The molecule has 1 saturated heterocycles. The summed E-state index contributed by atoms with van der Waals surface area (Å²) >= 11 is 0. The van der Waals surface area contributed by atoms with E-state index >= 15 is 0 Å². The number of carbonyl (C=O) groups excluding carboxylic acids is 1. The molecular weight excluding hydrogens is 216 g/mol. The van der Waals surface area contributed by atoms with Gasteiger partial charge in [0.1, 0.15) is 0 Å². The third kappa shape index (κ3) is 3.00. The van der Waals surface area contributed by atoms with Gasteiger partial charge in [-0.05, 0) is 25.9 Å². The van der Waals surface area contributed by atoms with Gasteiger partial charge in [0.2, 0.25) is 5.95 Å². The highest BCUT2D eigenvalue weighted by Crippen LogP contribution is 2.16. The van der Waals surface area contributed by atoms with Gasteiger partial charge in [-0.15, -0.1) is 0 Å². The third-order valence-corrected chi connectivity index (χ3v) is 3.16. The van der Waals surface area contributed by atoms with Crippen LogP contribution in [-0.2, 0) is 0 Å². The summed E-state index contributed by atoms with van der Waals surface area (Å²) in [5, 5.41) is 0. The monoisotopic (exact) mass is 234 g/mol. The number of anilines is 1. The van der Waals surface area contributed by atoms with Gasteiger partial charge >= 0.3 is 0 Å². The van der Waals surface area contributed by atoms with E-state index in [0.29, 0.717) is 17.4 Å².